The number of nitrogens with two attached hydrogens (primary N) is 1. The van der Waals surface area contributed by atoms with Crippen LogP contribution in [0.5, 0.6) is 0 Å². The number of hydrogen-bond acceptors (Lipinski definition) is 2. The molecule has 1 rings (SSSR count). The van der Waals surface area contributed by atoms with Gasteiger partial charge in [-0.05, 0) is 0 Å². The molecule has 0 aromatic heterocycles. The fourth-order valence-electron chi connectivity index (χ4n) is 0.385. The van der Waals surface area contributed by atoms with Crippen LogP contribution in [0.1, 0.15) is 0 Å². The molecule has 0 radical (unpaired) electrons. The summed E-state index contributed by atoms with van der Waals surface area (Å²) in [5.74, 6) is 4.36. The van der Waals surface area contributed by atoms with Crippen molar-refractivity contribution in [3.63, 3.8) is 0 Å². The van der Waals surface area contributed by atoms with E-state index in [1.165, 1.54) is 0 Å². The predicted octanol–water partition coefficient (Wildman–Crippen LogP) is 1.25. The van der Waals surface area contributed by atoms with Crippen LogP contribution in [-0.2, 0) is 0 Å². The number of benzene rings is 1. The maximum atomic E-state index is 4.36. The Balaban J connectivity index is 0.000000187. The van der Waals surface area contributed by atoms with Crippen LogP contribution < -0.4 is 5.84 Å². The van der Waals surface area contributed by atoms with Crippen molar-refractivity contribution in [2.24, 2.45) is 10.9 Å². The number of hydrazone groups is 1. The number of rotatable bonds is 0. The first-order valence-electron chi connectivity index (χ1n) is 2.57. The zero-order chi connectivity index (χ0) is 6.95. The van der Waals surface area contributed by atoms with Gasteiger partial charge in [0.05, 0.1) is 0 Å². The highest BCUT2D eigenvalue weighted by Gasteiger charge is 1.57. The molecule has 0 unspecified atom stereocenters. The average molecular weight is 122 g/mol. The molecule has 1 aromatic carbocycles. The molecule has 0 spiro atoms. The van der Waals surface area contributed by atoms with E-state index in [1.54, 1.807) is 0 Å². The first-order chi connectivity index (χ1) is 4.41. The zero-order valence-corrected chi connectivity index (χ0v) is 5.20. The van der Waals surface area contributed by atoms with E-state index < -0.39 is 0 Å². The van der Waals surface area contributed by atoms with Gasteiger partial charge in [-0.15, -0.1) is 0 Å². The van der Waals surface area contributed by atoms with Crippen LogP contribution in [0.4, 0.5) is 0 Å². The Morgan fingerprint density at radius 3 is 1.11 bits per heavy atom. The van der Waals surface area contributed by atoms with E-state index in [0.29, 0.717) is 0 Å². The van der Waals surface area contributed by atoms with Crippen molar-refractivity contribution < 1.29 is 0 Å². The third-order valence-electron chi connectivity index (χ3n) is 0.667. The van der Waals surface area contributed by atoms with Crippen molar-refractivity contribution in [2.45, 2.75) is 0 Å². The van der Waals surface area contributed by atoms with Gasteiger partial charge in [-0.2, -0.15) is 5.10 Å². The summed E-state index contributed by atoms with van der Waals surface area (Å²) in [5, 5.41) is 2.75. The van der Waals surface area contributed by atoms with Gasteiger partial charge in [-0.3, -0.25) is 0 Å². The molecule has 0 fully saturated rings. The highest BCUT2D eigenvalue weighted by molar-refractivity contribution is 5.21. The molecule has 0 saturated heterocycles. The minimum Gasteiger partial charge on any atom is -0.324 e. The van der Waals surface area contributed by atoms with E-state index in [1.807, 2.05) is 36.4 Å². The van der Waals surface area contributed by atoms with Crippen molar-refractivity contribution >= 4 is 6.72 Å². The summed E-state index contributed by atoms with van der Waals surface area (Å²) >= 11 is 0. The average Bonchev–Trinajstić information content (AvgIpc) is 1.93. The highest BCUT2D eigenvalue weighted by atomic mass is 15.1. The Labute approximate surface area is 55.0 Å². The van der Waals surface area contributed by atoms with E-state index in [0.717, 1.165) is 0 Å². The van der Waals surface area contributed by atoms with Crippen molar-refractivity contribution in [3.05, 3.63) is 36.4 Å². The number of nitrogens with zero attached hydrogens (tertiary/aromatic N) is 1. The fraction of sp³-hybridized carbons (Fsp3) is 0. The summed E-state index contributed by atoms with van der Waals surface area (Å²) in [6.07, 6.45) is 0. The molecule has 0 atom stereocenters. The molecule has 2 nitrogen and oxygen atoms in total. The largest absolute Gasteiger partial charge is 0.324 e. The Morgan fingerprint density at radius 1 is 0.889 bits per heavy atom. The maximum absolute atomic E-state index is 4.36. The molecule has 0 amide bonds. The van der Waals surface area contributed by atoms with Crippen LogP contribution in [0.3, 0.4) is 0 Å². The van der Waals surface area contributed by atoms with E-state index in [-0.39, 0.29) is 0 Å². The lowest BCUT2D eigenvalue weighted by Gasteiger charge is -1.69. The van der Waals surface area contributed by atoms with Gasteiger partial charge in [0.2, 0.25) is 0 Å². The molecule has 48 valence electrons. The topological polar surface area (TPSA) is 38.4 Å². The molecule has 9 heavy (non-hydrogen) atoms. The Hall–Kier alpha value is -1.31. The molecule has 0 heterocycles. The molecule has 2 N–H and O–H groups in total. The third kappa shape index (κ3) is 6.69. The lowest BCUT2D eigenvalue weighted by molar-refractivity contribution is 1.28. The molecule has 0 aliphatic carbocycles. The fourth-order valence-corrected chi connectivity index (χ4v) is 0.385. The number of hydrogen-bond donors (Lipinski definition) is 1. The summed E-state index contributed by atoms with van der Waals surface area (Å²) in [7, 11) is 0. The molecule has 0 saturated carbocycles. The van der Waals surface area contributed by atoms with Gasteiger partial charge in [-0.25, -0.2) is 0 Å². The second kappa shape index (κ2) is 6.69. The quantitative estimate of drug-likeness (QED) is 0.314. The van der Waals surface area contributed by atoms with Gasteiger partial charge in [0.1, 0.15) is 0 Å². The summed E-state index contributed by atoms with van der Waals surface area (Å²) in [4.78, 5) is 0. The predicted molar refractivity (Wildman–Crippen MR) is 40.2 cm³/mol. The lowest BCUT2D eigenvalue weighted by Crippen LogP contribution is -1.68. The second-order valence-corrected chi connectivity index (χ2v) is 1.34. The van der Waals surface area contributed by atoms with E-state index in [9.17, 15) is 0 Å². The molecule has 0 bridgehead atoms. The molecule has 1 aromatic rings. The van der Waals surface area contributed by atoms with Crippen LogP contribution in [0.15, 0.2) is 41.5 Å². The van der Waals surface area contributed by atoms with Crippen molar-refractivity contribution in [1.82, 2.24) is 0 Å². The van der Waals surface area contributed by atoms with Crippen LogP contribution in [-0.4, -0.2) is 6.72 Å². The Kier molecular flexibility index (Phi) is 5.72. The molecule has 2 heteroatoms. The molecular weight excluding hydrogens is 112 g/mol. The van der Waals surface area contributed by atoms with Gasteiger partial charge in [-0.1, -0.05) is 36.4 Å². The van der Waals surface area contributed by atoms with Gasteiger partial charge < -0.3 is 5.84 Å². The molecular formula is C7H10N2. The lowest BCUT2D eigenvalue weighted by atomic mass is 10.4. The maximum Gasteiger partial charge on any atom is 0.0102 e. The highest BCUT2D eigenvalue weighted by Crippen LogP contribution is 1.79. The van der Waals surface area contributed by atoms with E-state index in [4.69, 9.17) is 0 Å². The van der Waals surface area contributed by atoms with Gasteiger partial charge in [0.15, 0.2) is 0 Å². The Morgan fingerprint density at radius 2 is 1.00 bits per heavy atom. The monoisotopic (exact) mass is 122 g/mol. The molecule has 0 aliphatic heterocycles. The standard InChI is InChI=1S/C6H6.CH4N2/c1-2-4-6-5-3-1;1-3-2/h1-6H;1-2H2. The summed E-state index contributed by atoms with van der Waals surface area (Å²) in [6.45, 7) is 2.89. The Bertz CT molecular complexity index is 110. The first kappa shape index (κ1) is 7.69. The zero-order valence-electron chi connectivity index (χ0n) is 5.20. The third-order valence-corrected chi connectivity index (χ3v) is 0.667. The van der Waals surface area contributed by atoms with Gasteiger partial charge >= 0.3 is 0 Å². The minimum absolute atomic E-state index is 2.00. The summed E-state index contributed by atoms with van der Waals surface area (Å²) in [6, 6.07) is 12.0. The van der Waals surface area contributed by atoms with Gasteiger partial charge in [0, 0.05) is 6.72 Å². The van der Waals surface area contributed by atoms with E-state index in [2.05, 4.69) is 17.7 Å². The van der Waals surface area contributed by atoms with Crippen molar-refractivity contribution in [2.75, 3.05) is 0 Å². The van der Waals surface area contributed by atoms with Gasteiger partial charge in [0.25, 0.3) is 0 Å². The van der Waals surface area contributed by atoms with Crippen LogP contribution in [0.25, 0.3) is 0 Å². The normalized spacial score (nSPS) is 6.67. The first-order valence-corrected chi connectivity index (χ1v) is 2.57. The summed E-state index contributed by atoms with van der Waals surface area (Å²) < 4.78 is 0. The van der Waals surface area contributed by atoms with Crippen molar-refractivity contribution in [3.8, 4) is 0 Å². The van der Waals surface area contributed by atoms with Crippen LogP contribution >= 0.6 is 0 Å². The summed E-state index contributed by atoms with van der Waals surface area (Å²) in [5.41, 5.74) is 0. The van der Waals surface area contributed by atoms with Crippen LogP contribution in [0.2, 0.25) is 0 Å². The molecule has 0 aliphatic rings. The van der Waals surface area contributed by atoms with E-state index >= 15 is 0 Å². The smallest absolute Gasteiger partial charge is 0.0102 e. The van der Waals surface area contributed by atoms with Crippen LogP contribution in [0, 0.1) is 0 Å². The SMILES string of the molecule is C=NN.c1ccccc1. The second-order valence-electron chi connectivity index (χ2n) is 1.34. The van der Waals surface area contributed by atoms with Crippen molar-refractivity contribution in [1.29, 1.82) is 0 Å². The minimum atomic E-state index is 2.00.